The van der Waals surface area contributed by atoms with Crippen LogP contribution in [0, 0.1) is 6.92 Å². The zero-order valence-electron chi connectivity index (χ0n) is 8.07. The van der Waals surface area contributed by atoms with E-state index in [0.717, 1.165) is 16.5 Å². The summed E-state index contributed by atoms with van der Waals surface area (Å²) in [6, 6.07) is 12.0. The minimum absolute atomic E-state index is 0.795. The molecular weight excluding hydrogens is 174 g/mol. The highest BCUT2D eigenvalue weighted by Gasteiger charge is 2.05. The van der Waals surface area contributed by atoms with Crippen LogP contribution in [0.3, 0.4) is 0 Å². The van der Waals surface area contributed by atoms with E-state index in [-0.39, 0.29) is 0 Å². The van der Waals surface area contributed by atoms with Crippen LogP contribution in [0.25, 0.3) is 10.8 Å². The molecule has 2 aromatic carbocycles. The number of aryl methyl sites for hydroxylation is 1. The number of hydrogen-bond donors (Lipinski definition) is 2. The lowest BCUT2D eigenvalue weighted by Crippen LogP contribution is -2.10. The molecule has 14 heavy (non-hydrogen) atoms. The van der Waals surface area contributed by atoms with Crippen LogP contribution in [-0.4, -0.2) is 5.11 Å². The summed E-state index contributed by atoms with van der Waals surface area (Å²) in [5.41, 5.74) is 7.28. The Hall–Kier alpha value is -1.38. The Morgan fingerprint density at radius 3 is 2.29 bits per heavy atom. The van der Waals surface area contributed by atoms with Gasteiger partial charge in [-0.15, -0.1) is 0 Å². The van der Waals surface area contributed by atoms with Crippen molar-refractivity contribution in [1.29, 1.82) is 0 Å². The van der Waals surface area contributed by atoms with Crippen LogP contribution < -0.4 is 5.73 Å². The van der Waals surface area contributed by atoms with Gasteiger partial charge in [-0.2, -0.15) is 0 Å². The van der Waals surface area contributed by atoms with Crippen molar-refractivity contribution in [3.63, 3.8) is 0 Å². The number of aliphatic hydroxyl groups excluding tert-OH is 1. The Morgan fingerprint density at radius 1 is 1.14 bits per heavy atom. The molecule has 72 valence electrons. The van der Waals surface area contributed by atoms with Gasteiger partial charge in [0.15, 0.2) is 0 Å². The summed E-state index contributed by atoms with van der Waals surface area (Å²) in [6.07, 6.45) is -0.889. The van der Waals surface area contributed by atoms with E-state index in [1.54, 1.807) is 0 Å². The summed E-state index contributed by atoms with van der Waals surface area (Å²) in [5.74, 6) is 0. The molecule has 0 saturated carbocycles. The van der Waals surface area contributed by atoms with Crippen molar-refractivity contribution in [2.75, 3.05) is 0 Å². The number of benzene rings is 2. The summed E-state index contributed by atoms with van der Waals surface area (Å²) in [7, 11) is 0. The van der Waals surface area contributed by atoms with E-state index < -0.39 is 6.23 Å². The molecule has 2 aromatic rings. The Morgan fingerprint density at radius 2 is 1.71 bits per heavy atom. The first-order chi connectivity index (χ1) is 6.68. The average Bonchev–Trinajstić information content (AvgIpc) is 2.16. The molecule has 0 amide bonds. The quantitative estimate of drug-likeness (QED) is 0.671. The Bertz CT molecular complexity index is 463. The standard InChI is InChI=1S/C12H13NO/c1-8-6-9-4-2-3-5-10(9)7-11(8)12(13)14/h2-7,12,14H,13H2,1H3. The second-order valence-electron chi connectivity index (χ2n) is 3.50. The molecule has 0 aromatic heterocycles. The summed E-state index contributed by atoms with van der Waals surface area (Å²) in [4.78, 5) is 0. The van der Waals surface area contributed by atoms with E-state index in [1.165, 1.54) is 5.39 Å². The lowest BCUT2D eigenvalue weighted by molar-refractivity contribution is 0.185. The van der Waals surface area contributed by atoms with Gasteiger partial charge in [-0.05, 0) is 34.9 Å². The van der Waals surface area contributed by atoms with Crippen molar-refractivity contribution < 1.29 is 5.11 Å². The zero-order valence-corrected chi connectivity index (χ0v) is 8.07. The van der Waals surface area contributed by atoms with Crippen LogP contribution >= 0.6 is 0 Å². The highest BCUT2D eigenvalue weighted by atomic mass is 16.3. The van der Waals surface area contributed by atoms with Crippen LogP contribution in [-0.2, 0) is 0 Å². The number of aliphatic hydroxyl groups is 1. The van der Waals surface area contributed by atoms with Crippen molar-refractivity contribution in [3.05, 3.63) is 47.5 Å². The molecule has 0 heterocycles. The fraction of sp³-hybridized carbons (Fsp3) is 0.167. The van der Waals surface area contributed by atoms with Crippen LogP contribution in [0.15, 0.2) is 36.4 Å². The lowest BCUT2D eigenvalue weighted by atomic mass is 10.0. The predicted molar refractivity (Wildman–Crippen MR) is 57.8 cm³/mol. The van der Waals surface area contributed by atoms with Crippen LogP contribution in [0.2, 0.25) is 0 Å². The maximum Gasteiger partial charge on any atom is 0.128 e. The molecule has 2 rings (SSSR count). The smallest absolute Gasteiger partial charge is 0.128 e. The Labute approximate surface area is 83.0 Å². The van der Waals surface area contributed by atoms with E-state index in [9.17, 15) is 5.11 Å². The Balaban J connectivity index is 2.71. The third-order valence-corrected chi connectivity index (χ3v) is 2.45. The number of fused-ring (bicyclic) bond motifs is 1. The zero-order chi connectivity index (χ0) is 10.1. The Kier molecular flexibility index (Phi) is 2.23. The second kappa shape index (κ2) is 3.40. The average molecular weight is 187 g/mol. The minimum atomic E-state index is -0.889. The molecular formula is C12H13NO. The van der Waals surface area contributed by atoms with Crippen molar-refractivity contribution >= 4 is 10.8 Å². The first kappa shape index (κ1) is 9.19. The van der Waals surface area contributed by atoms with Gasteiger partial charge in [-0.3, -0.25) is 0 Å². The maximum atomic E-state index is 9.34. The largest absolute Gasteiger partial charge is 0.375 e. The molecule has 1 unspecified atom stereocenters. The van der Waals surface area contributed by atoms with E-state index in [1.807, 2.05) is 37.3 Å². The molecule has 0 aliphatic heterocycles. The molecule has 0 radical (unpaired) electrons. The number of nitrogens with two attached hydrogens (primary N) is 1. The molecule has 3 N–H and O–H groups in total. The van der Waals surface area contributed by atoms with Gasteiger partial charge in [0.05, 0.1) is 0 Å². The fourth-order valence-electron chi connectivity index (χ4n) is 1.69. The van der Waals surface area contributed by atoms with Gasteiger partial charge in [0.25, 0.3) is 0 Å². The molecule has 1 atom stereocenters. The molecule has 0 saturated heterocycles. The van der Waals surface area contributed by atoms with Crippen LogP contribution in [0.1, 0.15) is 17.4 Å². The van der Waals surface area contributed by atoms with Gasteiger partial charge in [-0.25, -0.2) is 0 Å². The maximum absolute atomic E-state index is 9.34. The molecule has 0 fully saturated rings. The normalized spacial score (nSPS) is 13.1. The first-order valence-corrected chi connectivity index (χ1v) is 4.61. The van der Waals surface area contributed by atoms with Crippen molar-refractivity contribution in [2.24, 2.45) is 5.73 Å². The second-order valence-corrected chi connectivity index (χ2v) is 3.50. The molecule has 0 spiro atoms. The van der Waals surface area contributed by atoms with Gasteiger partial charge >= 0.3 is 0 Å². The molecule has 2 nitrogen and oxygen atoms in total. The first-order valence-electron chi connectivity index (χ1n) is 4.61. The van der Waals surface area contributed by atoms with E-state index in [2.05, 4.69) is 6.07 Å². The third kappa shape index (κ3) is 1.50. The van der Waals surface area contributed by atoms with E-state index in [4.69, 9.17) is 5.73 Å². The molecule has 0 aliphatic rings. The van der Waals surface area contributed by atoms with E-state index >= 15 is 0 Å². The number of hydrogen-bond acceptors (Lipinski definition) is 2. The van der Waals surface area contributed by atoms with Crippen LogP contribution in [0.4, 0.5) is 0 Å². The third-order valence-electron chi connectivity index (χ3n) is 2.45. The highest BCUT2D eigenvalue weighted by molar-refractivity contribution is 5.84. The van der Waals surface area contributed by atoms with Gasteiger partial charge in [0, 0.05) is 0 Å². The lowest BCUT2D eigenvalue weighted by Gasteiger charge is -2.10. The van der Waals surface area contributed by atoms with E-state index in [0.29, 0.717) is 0 Å². The number of rotatable bonds is 1. The van der Waals surface area contributed by atoms with Gasteiger partial charge in [0.2, 0.25) is 0 Å². The highest BCUT2D eigenvalue weighted by Crippen LogP contribution is 2.22. The van der Waals surface area contributed by atoms with Crippen molar-refractivity contribution in [2.45, 2.75) is 13.2 Å². The fourth-order valence-corrected chi connectivity index (χ4v) is 1.69. The summed E-state index contributed by atoms with van der Waals surface area (Å²) < 4.78 is 0. The van der Waals surface area contributed by atoms with Crippen molar-refractivity contribution in [1.82, 2.24) is 0 Å². The predicted octanol–water partition coefficient (Wildman–Crippen LogP) is 2.10. The molecule has 0 aliphatic carbocycles. The minimum Gasteiger partial charge on any atom is -0.375 e. The van der Waals surface area contributed by atoms with Gasteiger partial charge in [0.1, 0.15) is 6.23 Å². The monoisotopic (exact) mass is 187 g/mol. The van der Waals surface area contributed by atoms with Gasteiger partial charge < -0.3 is 10.8 Å². The summed E-state index contributed by atoms with van der Waals surface area (Å²) in [5, 5.41) is 11.6. The SMILES string of the molecule is Cc1cc2ccccc2cc1C(N)O. The van der Waals surface area contributed by atoms with Crippen LogP contribution in [0.5, 0.6) is 0 Å². The molecule has 0 bridgehead atoms. The molecule has 2 heteroatoms. The van der Waals surface area contributed by atoms with Gasteiger partial charge in [-0.1, -0.05) is 30.3 Å². The summed E-state index contributed by atoms with van der Waals surface area (Å²) in [6.45, 7) is 1.96. The van der Waals surface area contributed by atoms with Crippen molar-refractivity contribution in [3.8, 4) is 0 Å². The summed E-state index contributed by atoms with van der Waals surface area (Å²) >= 11 is 0. The topological polar surface area (TPSA) is 46.2 Å².